The monoisotopic (exact) mass is 403 g/mol. The van der Waals surface area contributed by atoms with Crippen LogP contribution >= 0.6 is 23.2 Å². The van der Waals surface area contributed by atoms with E-state index in [4.69, 9.17) is 28.2 Å². The third-order valence-corrected chi connectivity index (χ3v) is 5.30. The molecule has 0 unspecified atom stereocenters. The highest BCUT2D eigenvalue weighted by Crippen LogP contribution is 2.27. The van der Waals surface area contributed by atoms with Gasteiger partial charge in [0.05, 0.1) is 21.1 Å². The van der Waals surface area contributed by atoms with Crippen molar-refractivity contribution < 1.29 is 4.79 Å². The minimum atomic E-state index is -0.304. The zero-order valence-electron chi connectivity index (χ0n) is 15.5. The smallest absolute Gasteiger partial charge is 0.243 e. The average molecular weight is 404 g/mol. The maximum absolute atomic E-state index is 12.8. The number of amides is 1. The fourth-order valence-corrected chi connectivity index (χ4v) is 3.57. The van der Waals surface area contributed by atoms with Crippen LogP contribution in [0.4, 0.5) is 0 Å². The number of hydrogen-bond acceptors (Lipinski definition) is 2. The molecular weight excluding hydrogens is 381 g/mol. The van der Waals surface area contributed by atoms with E-state index in [1.165, 1.54) is 0 Å². The summed E-state index contributed by atoms with van der Waals surface area (Å²) in [5.41, 5.74) is 2.85. The number of carbonyl (C=O) groups is 1. The van der Waals surface area contributed by atoms with Crippen molar-refractivity contribution in [1.82, 2.24) is 14.9 Å². The predicted molar refractivity (Wildman–Crippen MR) is 112 cm³/mol. The maximum Gasteiger partial charge on any atom is 0.243 e. The molecule has 1 atom stereocenters. The molecule has 1 heterocycles. The molecule has 3 aromatic rings. The Bertz CT molecular complexity index is 952. The van der Waals surface area contributed by atoms with Crippen LogP contribution in [0.1, 0.15) is 44.1 Å². The third kappa shape index (κ3) is 4.28. The average Bonchev–Trinajstić information content (AvgIpc) is 3.02. The van der Waals surface area contributed by atoms with Gasteiger partial charge in [-0.1, -0.05) is 55.2 Å². The van der Waals surface area contributed by atoms with Crippen molar-refractivity contribution in [3.05, 3.63) is 63.9 Å². The lowest BCUT2D eigenvalue weighted by molar-refractivity contribution is -0.124. The predicted octanol–water partition coefficient (Wildman–Crippen LogP) is 5.41. The summed E-state index contributed by atoms with van der Waals surface area (Å²) in [5.74, 6) is 0.867. The van der Waals surface area contributed by atoms with Crippen LogP contribution in [-0.4, -0.2) is 22.0 Å². The van der Waals surface area contributed by atoms with Crippen molar-refractivity contribution >= 4 is 40.1 Å². The molecule has 0 saturated heterocycles. The second-order valence-electron chi connectivity index (χ2n) is 6.53. The van der Waals surface area contributed by atoms with Gasteiger partial charge in [-0.25, -0.2) is 4.98 Å². The fourth-order valence-electron chi connectivity index (χ4n) is 3.25. The highest BCUT2D eigenvalue weighted by atomic mass is 35.5. The SMILES string of the molecule is CCCNC(=O)[C@H](CC)n1c(Cc2ccc(Cl)c(Cl)c2)nc2ccccc21. The fraction of sp³-hybridized carbons (Fsp3) is 0.333. The van der Waals surface area contributed by atoms with Crippen molar-refractivity contribution in [3.63, 3.8) is 0 Å². The third-order valence-electron chi connectivity index (χ3n) is 4.57. The van der Waals surface area contributed by atoms with Crippen LogP contribution in [0, 0.1) is 0 Å². The topological polar surface area (TPSA) is 46.9 Å². The number of nitrogens with zero attached hydrogens (tertiary/aromatic N) is 2. The van der Waals surface area contributed by atoms with E-state index >= 15 is 0 Å². The highest BCUT2D eigenvalue weighted by molar-refractivity contribution is 6.42. The molecule has 0 spiro atoms. The molecule has 27 heavy (non-hydrogen) atoms. The molecule has 0 saturated carbocycles. The van der Waals surface area contributed by atoms with Crippen LogP contribution in [0.25, 0.3) is 11.0 Å². The molecule has 0 bridgehead atoms. The number of para-hydroxylation sites is 2. The molecule has 0 radical (unpaired) electrons. The molecular formula is C21H23Cl2N3O. The van der Waals surface area contributed by atoms with E-state index < -0.39 is 0 Å². The minimum Gasteiger partial charge on any atom is -0.354 e. The van der Waals surface area contributed by atoms with Gasteiger partial charge in [-0.2, -0.15) is 0 Å². The zero-order valence-corrected chi connectivity index (χ0v) is 17.0. The number of rotatable bonds is 7. The number of imidazole rings is 1. The van der Waals surface area contributed by atoms with Crippen LogP contribution in [-0.2, 0) is 11.2 Å². The van der Waals surface area contributed by atoms with Gasteiger partial charge in [-0.05, 0) is 42.7 Å². The van der Waals surface area contributed by atoms with Crippen LogP contribution in [0.15, 0.2) is 42.5 Å². The van der Waals surface area contributed by atoms with Crippen LogP contribution < -0.4 is 5.32 Å². The van der Waals surface area contributed by atoms with Crippen molar-refractivity contribution in [2.45, 2.75) is 39.2 Å². The number of hydrogen-bond donors (Lipinski definition) is 1. The van der Waals surface area contributed by atoms with Gasteiger partial charge in [-0.3, -0.25) is 4.79 Å². The quantitative estimate of drug-likeness (QED) is 0.572. The second-order valence-corrected chi connectivity index (χ2v) is 7.34. The number of halogens is 2. The summed E-state index contributed by atoms with van der Waals surface area (Å²) in [6.45, 7) is 4.74. The van der Waals surface area contributed by atoms with Crippen LogP contribution in [0.5, 0.6) is 0 Å². The standard InChI is InChI=1S/C21H23Cl2N3O/c1-3-11-24-21(27)18(4-2)26-19-8-6-5-7-17(19)25-20(26)13-14-9-10-15(22)16(23)12-14/h5-10,12,18H,3-4,11,13H2,1-2H3,(H,24,27)/t18-/m0/s1. The van der Waals surface area contributed by atoms with Gasteiger partial charge in [0, 0.05) is 13.0 Å². The number of benzene rings is 2. The van der Waals surface area contributed by atoms with E-state index in [2.05, 4.69) is 9.88 Å². The van der Waals surface area contributed by atoms with Gasteiger partial charge in [0.15, 0.2) is 0 Å². The van der Waals surface area contributed by atoms with Crippen molar-refractivity contribution in [3.8, 4) is 0 Å². The van der Waals surface area contributed by atoms with Crippen molar-refractivity contribution in [2.24, 2.45) is 0 Å². The summed E-state index contributed by atoms with van der Waals surface area (Å²) in [7, 11) is 0. The number of fused-ring (bicyclic) bond motifs is 1. The first-order chi connectivity index (χ1) is 13.0. The van der Waals surface area contributed by atoms with Gasteiger partial charge >= 0.3 is 0 Å². The minimum absolute atomic E-state index is 0.0258. The molecule has 0 aliphatic rings. The Morgan fingerprint density at radius 3 is 2.63 bits per heavy atom. The van der Waals surface area contributed by atoms with Gasteiger partial charge in [0.2, 0.25) is 5.91 Å². The summed E-state index contributed by atoms with van der Waals surface area (Å²) >= 11 is 12.2. The Balaban J connectivity index is 2.05. The molecule has 6 heteroatoms. The van der Waals surface area contributed by atoms with E-state index in [9.17, 15) is 4.79 Å². The first kappa shape index (κ1) is 19.7. The summed E-state index contributed by atoms with van der Waals surface area (Å²) in [5, 5.41) is 4.06. The molecule has 0 aliphatic heterocycles. The molecule has 0 fully saturated rings. The summed E-state index contributed by atoms with van der Waals surface area (Å²) in [4.78, 5) is 17.6. The Hall–Kier alpha value is -2.04. The highest BCUT2D eigenvalue weighted by Gasteiger charge is 2.24. The van der Waals surface area contributed by atoms with E-state index in [1.54, 1.807) is 6.07 Å². The van der Waals surface area contributed by atoms with Crippen LogP contribution in [0.2, 0.25) is 10.0 Å². The largest absolute Gasteiger partial charge is 0.354 e. The molecule has 0 aliphatic carbocycles. The van der Waals surface area contributed by atoms with Gasteiger partial charge < -0.3 is 9.88 Å². The first-order valence-corrected chi connectivity index (χ1v) is 9.98. The summed E-state index contributed by atoms with van der Waals surface area (Å²) < 4.78 is 2.06. The van der Waals surface area contributed by atoms with Gasteiger partial charge in [0.25, 0.3) is 0 Å². The summed E-state index contributed by atoms with van der Waals surface area (Å²) in [6.07, 6.45) is 2.16. The van der Waals surface area contributed by atoms with Crippen LogP contribution in [0.3, 0.4) is 0 Å². The molecule has 142 valence electrons. The summed E-state index contributed by atoms with van der Waals surface area (Å²) in [6, 6.07) is 13.2. The lowest BCUT2D eigenvalue weighted by Gasteiger charge is -2.20. The van der Waals surface area contributed by atoms with E-state index in [0.29, 0.717) is 29.4 Å². The Morgan fingerprint density at radius 2 is 1.93 bits per heavy atom. The molecule has 1 amide bonds. The molecule has 1 aromatic heterocycles. The Kier molecular flexibility index (Phi) is 6.40. The van der Waals surface area contributed by atoms with Crippen molar-refractivity contribution in [1.29, 1.82) is 0 Å². The normalized spacial score (nSPS) is 12.3. The number of nitrogens with one attached hydrogen (secondary N) is 1. The van der Waals surface area contributed by atoms with Gasteiger partial charge in [-0.15, -0.1) is 0 Å². The lowest BCUT2D eigenvalue weighted by atomic mass is 10.1. The zero-order chi connectivity index (χ0) is 19.4. The maximum atomic E-state index is 12.8. The molecule has 3 rings (SSSR count). The first-order valence-electron chi connectivity index (χ1n) is 9.22. The van der Waals surface area contributed by atoms with Gasteiger partial charge in [0.1, 0.15) is 11.9 Å². The molecule has 2 aromatic carbocycles. The van der Waals surface area contributed by atoms with E-state index in [1.807, 2.05) is 50.2 Å². The molecule has 1 N–H and O–H groups in total. The number of carbonyl (C=O) groups excluding carboxylic acids is 1. The second kappa shape index (κ2) is 8.77. The van der Waals surface area contributed by atoms with Crippen molar-refractivity contribution in [2.75, 3.05) is 6.54 Å². The lowest BCUT2D eigenvalue weighted by Crippen LogP contribution is -2.33. The Labute approximate surface area is 169 Å². The van der Waals surface area contributed by atoms with E-state index in [-0.39, 0.29) is 11.9 Å². The Morgan fingerprint density at radius 1 is 1.15 bits per heavy atom. The van der Waals surface area contributed by atoms with E-state index in [0.717, 1.165) is 28.8 Å². The number of aromatic nitrogens is 2. The molecule has 4 nitrogen and oxygen atoms in total.